The summed E-state index contributed by atoms with van der Waals surface area (Å²) >= 11 is 1.42. The van der Waals surface area contributed by atoms with Crippen LogP contribution < -0.4 is 0 Å². The molecule has 4 nitrogen and oxygen atoms in total. The number of carboxylic acids is 1. The smallest absolute Gasteiger partial charge is 0.338 e. The second kappa shape index (κ2) is 3.66. The van der Waals surface area contributed by atoms with E-state index in [1.807, 2.05) is 0 Å². The molecule has 5 heteroatoms. The molecule has 1 aliphatic rings. The van der Waals surface area contributed by atoms with Crippen molar-refractivity contribution >= 4 is 23.3 Å². The van der Waals surface area contributed by atoms with Crippen molar-refractivity contribution in [2.24, 2.45) is 5.92 Å². The quantitative estimate of drug-likeness (QED) is 0.797. The van der Waals surface area contributed by atoms with E-state index in [0.29, 0.717) is 12.0 Å². The molecule has 1 N–H and O–H groups in total. The fraction of sp³-hybridized carbons (Fsp3) is 0.400. The summed E-state index contributed by atoms with van der Waals surface area (Å²) in [7, 11) is 1.33. The number of carbonyl (C=O) groups excluding carboxylic acids is 1. The zero-order valence-electron chi connectivity index (χ0n) is 8.10. The molecule has 1 aromatic heterocycles. The predicted octanol–water partition coefficient (Wildman–Crippen LogP) is 1.72. The minimum atomic E-state index is -0.756. The van der Waals surface area contributed by atoms with Crippen LogP contribution >= 0.6 is 11.3 Å². The third-order valence-electron chi connectivity index (χ3n) is 2.51. The number of esters is 1. The minimum absolute atomic E-state index is 0.0888. The van der Waals surface area contributed by atoms with Crippen molar-refractivity contribution in [2.75, 3.05) is 7.11 Å². The van der Waals surface area contributed by atoms with Crippen molar-refractivity contribution in [3.8, 4) is 0 Å². The van der Waals surface area contributed by atoms with E-state index in [1.54, 1.807) is 11.4 Å². The Morgan fingerprint density at radius 2 is 2.33 bits per heavy atom. The van der Waals surface area contributed by atoms with Gasteiger partial charge in [-0.25, -0.2) is 4.79 Å². The Hall–Kier alpha value is -1.36. The lowest BCUT2D eigenvalue weighted by Crippen LogP contribution is -1.99. The molecule has 0 spiro atoms. The maximum absolute atomic E-state index is 11.2. The highest BCUT2D eigenvalue weighted by Gasteiger charge is 2.45. The number of carbonyl (C=O) groups is 2. The largest absolute Gasteiger partial charge is 0.481 e. The minimum Gasteiger partial charge on any atom is -0.481 e. The summed E-state index contributed by atoms with van der Waals surface area (Å²) < 4.78 is 4.58. The van der Waals surface area contributed by atoms with Crippen LogP contribution in [0.15, 0.2) is 11.4 Å². The van der Waals surface area contributed by atoms with E-state index < -0.39 is 5.97 Å². The summed E-state index contributed by atoms with van der Waals surface area (Å²) in [6, 6.07) is 1.73. The summed E-state index contributed by atoms with van der Waals surface area (Å²) in [5.41, 5.74) is 0.508. The standard InChI is InChI=1S/C10H10O4S/c1-14-10(13)5-2-8(15-4-5)6-3-7(6)9(11)12/h2,4,6-7H,3H2,1H3,(H,11,12)/t6-,7-/m1/s1. The number of ether oxygens (including phenoxy) is 1. The van der Waals surface area contributed by atoms with Gasteiger partial charge >= 0.3 is 11.9 Å². The SMILES string of the molecule is COC(=O)c1csc([C@@H]2C[C@H]2C(=O)O)c1. The Labute approximate surface area is 90.5 Å². The summed E-state index contributed by atoms with van der Waals surface area (Å²) in [4.78, 5) is 22.8. The molecule has 0 aromatic carbocycles. The van der Waals surface area contributed by atoms with Crippen LogP contribution in [0.2, 0.25) is 0 Å². The van der Waals surface area contributed by atoms with Crippen LogP contribution in [0.3, 0.4) is 0 Å². The first-order valence-corrected chi connectivity index (χ1v) is 5.41. The Morgan fingerprint density at radius 3 is 2.87 bits per heavy atom. The van der Waals surface area contributed by atoms with Crippen LogP contribution in [0, 0.1) is 5.92 Å². The Morgan fingerprint density at radius 1 is 1.60 bits per heavy atom. The highest BCUT2D eigenvalue weighted by atomic mass is 32.1. The van der Waals surface area contributed by atoms with Gasteiger partial charge < -0.3 is 9.84 Å². The molecule has 80 valence electrons. The zero-order valence-corrected chi connectivity index (χ0v) is 8.91. The number of rotatable bonds is 3. The molecule has 15 heavy (non-hydrogen) atoms. The van der Waals surface area contributed by atoms with Gasteiger partial charge in [-0.2, -0.15) is 0 Å². The molecule has 0 aliphatic heterocycles. The number of methoxy groups -OCH3 is 1. The summed E-state index contributed by atoms with van der Waals surface area (Å²) in [5, 5.41) is 10.5. The van der Waals surface area contributed by atoms with E-state index in [9.17, 15) is 9.59 Å². The van der Waals surface area contributed by atoms with Crippen LogP contribution in [0.25, 0.3) is 0 Å². The third kappa shape index (κ3) is 1.87. The molecule has 1 saturated carbocycles. The van der Waals surface area contributed by atoms with Gasteiger partial charge in [-0.05, 0) is 12.5 Å². The molecule has 0 amide bonds. The highest BCUT2D eigenvalue weighted by molar-refractivity contribution is 7.10. The van der Waals surface area contributed by atoms with E-state index in [4.69, 9.17) is 5.11 Å². The van der Waals surface area contributed by atoms with Crippen LogP contribution in [-0.4, -0.2) is 24.2 Å². The number of hydrogen-bond acceptors (Lipinski definition) is 4. The van der Waals surface area contributed by atoms with Gasteiger partial charge in [-0.15, -0.1) is 11.3 Å². The van der Waals surface area contributed by atoms with Gasteiger partial charge in [0.05, 0.1) is 18.6 Å². The molecule has 1 heterocycles. The number of carboxylic acid groups (broad SMARTS) is 1. The van der Waals surface area contributed by atoms with Gasteiger partial charge in [0, 0.05) is 16.2 Å². The van der Waals surface area contributed by atoms with Gasteiger partial charge in [0.1, 0.15) is 0 Å². The summed E-state index contributed by atoms with van der Waals surface area (Å²) in [5.74, 6) is -1.31. The van der Waals surface area contributed by atoms with E-state index in [0.717, 1.165) is 4.88 Å². The van der Waals surface area contributed by atoms with Gasteiger partial charge in [0.2, 0.25) is 0 Å². The lowest BCUT2D eigenvalue weighted by atomic mass is 10.2. The normalized spacial score (nSPS) is 23.5. The van der Waals surface area contributed by atoms with Crippen LogP contribution in [0.5, 0.6) is 0 Å². The average molecular weight is 226 g/mol. The monoisotopic (exact) mass is 226 g/mol. The number of hydrogen-bond donors (Lipinski definition) is 1. The fourth-order valence-corrected chi connectivity index (χ4v) is 2.61. The lowest BCUT2D eigenvalue weighted by Gasteiger charge is -1.92. The molecular weight excluding hydrogens is 216 g/mol. The van der Waals surface area contributed by atoms with Gasteiger partial charge in [0.25, 0.3) is 0 Å². The average Bonchev–Trinajstić information content (AvgIpc) is 2.88. The van der Waals surface area contributed by atoms with Crippen molar-refractivity contribution in [1.29, 1.82) is 0 Å². The van der Waals surface area contributed by atoms with Gasteiger partial charge in [-0.1, -0.05) is 0 Å². The first kappa shape index (κ1) is 10.2. The maximum atomic E-state index is 11.2. The lowest BCUT2D eigenvalue weighted by molar-refractivity contribution is -0.138. The molecule has 0 unspecified atom stereocenters. The third-order valence-corrected chi connectivity index (χ3v) is 3.58. The Balaban J connectivity index is 2.09. The molecule has 0 bridgehead atoms. The topological polar surface area (TPSA) is 63.6 Å². The maximum Gasteiger partial charge on any atom is 0.338 e. The molecule has 2 atom stereocenters. The molecule has 0 radical (unpaired) electrons. The fourth-order valence-electron chi connectivity index (χ4n) is 1.55. The molecule has 2 rings (SSSR count). The summed E-state index contributed by atoms with van der Waals surface area (Å²) in [6.45, 7) is 0. The number of thiophene rings is 1. The Bertz CT molecular complexity index is 409. The van der Waals surface area contributed by atoms with Crippen molar-refractivity contribution < 1.29 is 19.4 Å². The van der Waals surface area contributed by atoms with Crippen molar-refractivity contribution in [3.63, 3.8) is 0 Å². The Kier molecular flexibility index (Phi) is 2.48. The van der Waals surface area contributed by atoms with Crippen LogP contribution in [-0.2, 0) is 9.53 Å². The van der Waals surface area contributed by atoms with E-state index in [2.05, 4.69) is 4.74 Å². The first-order valence-electron chi connectivity index (χ1n) is 4.53. The van der Waals surface area contributed by atoms with Gasteiger partial charge in [-0.3, -0.25) is 4.79 Å². The molecule has 0 saturated heterocycles. The van der Waals surface area contributed by atoms with Gasteiger partial charge in [0.15, 0.2) is 0 Å². The second-order valence-corrected chi connectivity index (χ2v) is 4.46. The zero-order chi connectivity index (χ0) is 11.0. The molecule has 1 aromatic rings. The molecular formula is C10H10O4S. The van der Waals surface area contributed by atoms with Crippen molar-refractivity contribution in [2.45, 2.75) is 12.3 Å². The van der Waals surface area contributed by atoms with Crippen LogP contribution in [0.4, 0.5) is 0 Å². The molecule has 1 fully saturated rings. The number of aliphatic carboxylic acids is 1. The van der Waals surface area contributed by atoms with E-state index in [1.165, 1.54) is 18.4 Å². The summed E-state index contributed by atoms with van der Waals surface area (Å²) in [6.07, 6.45) is 0.677. The predicted molar refractivity (Wildman–Crippen MR) is 54.1 cm³/mol. The second-order valence-electron chi connectivity index (χ2n) is 3.52. The van der Waals surface area contributed by atoms with Crippen molar-refractivity contribution in [3.05, 3.63) is 21.9 Å². The highest BCUT2D eigenvalue weighted by Crippen LogP contribution is 2.49. The first-order chi connectivity index (χ1) is 7.13. The van der Waals surface area contributed by atoms with Crippen LogP contribution in [0.1, 0.15) is 27.6 Å². The van der Waals surface area contributed by atoms with E-state index >= 15 is 0 Å². The molecule has 1 aliphatic carbocycles. The van der Waals surface area contributed by atoms with E-state index in [-0.39, 0.29) is 17.8 Å². The van der Waals surface area contributed by atoms with Crippen molar-refractivity contribution in [1.82, 2.24) is 0 Å².